The summed E-state index contributed by atoms with van der Waals surface area (Å²) in [7, 11) is 0. The molecule has 0 radical (unpaired) electrons. The molecule has 0 saturated carbocycles. The third-order valence-corrected chi connectivity index (χ3v) is 10.8. The number of aryl methyl sites for hydroxylation is 1. The lowest BCUT2D eigenvalue weighted by atomic mass is 9.94. The molecule has 0 fully saturated rings. The molecule has 9 rings (SSSR count). The van der Waals surface area contributed by atoms with Crippen LogP contribution in [0.15, 0.2) is 173 Å². The van der Waals surface area contributed by atoms with Crippen LogP contribution in [0.5, 0.6) is 0 Å². The van der Waals surface area contributed by atoms with Gasteiger partial charge in [-0.15, -0.1) is 0 Å². The zero-order valence-corrected chi connectivity index (χ0v) is 31.3. The van der Waals surface area contributed by atoms with Crippen LogP contribution in [0.1, 0.15) is 61.4 Å². The van der Waals surface area contributed by atoms with E-state index in [-0.39, 0.29) is 23.8 Å². The average molecular weight is 763 g/mol. The number of nitrogens with zero attached hydrogens (tertiary/aromatic N) is 2. The third-order valence-electron chi connectivity index (χ3n) is 10.8. The van der Waals surface area contributed by atoms with Gasteiger partial charge in [0, 0.05) is 45.3 Å². The predicted octanol–water partition coefficient (Wildman–Crippen LogP) is 6.84. The maximum Gasteiger partial charge on any atom is 0.335 e. The second kappa shape index (κ2) is 15.3. The summed E-state index contributed by atoms with van der Waals surface area (Å²) in [5.74, 6) is -2.01. The van der Waals surface area contributed by atoms with Crippen LogP contribution in [-0.4, -0.2) is 56.3 Å². The number of fused-ring (bicyclic) bond motifs is 6. The largest absolute Gasteiger partial charge is 0.478 e. The number of aromatic carboxylic acids is 2. The van der Waals surface area contributed by atoms with Gasteiger partial charge < -0.3 is 25.6 Å². The maximum absolute atomic E-state index is 11.9. The van der Waals surface area contributed by atoms with E-state index in [1.165, 1.54) is 0 Å². The molecule has 1 unspecified atom stereocenters. The number of rotatable bonds is 9. The molecule has 58 heavy (non-hydrogen) atoms. The minimum absolute atomic E-state index is 0.132. The second-order valence-electron chi connectivity index (χ2n) is 14.5. The molecule has 9 nitrogen and oxygen atoms in total. The highest BCUT2D eigenvalue weighted by Gasteiger charge is 2.29. The molecule has 8 bridgehead atoms. The molecule has 9 heteroatoms. The summed E-state index contributed by atoms with van der Waals surface area (Å²) < 4.78 is 0. The molecule has 4 aliphatic rings. The molecule has 4 aliphatic heterocycles. The number of allylic oxidation sites excluding steroid dienone is 5. The fraction of sp³-hybridized carbons (Fsp3) is 0.102. The zero-order valence-electron chi connectivity index (χ0n) is 31.3. The molecule has 5 N–H and O–H groups in total. The van der Waals surface area contributed by atoms with Gasteiger partial charge in [0.2, 0.25) is 0 Å². The van der Waals surface area contributed by atoms with E-state index < -0.39 is 11.9 Å². The van der Waals surface area contributed by atoms with E-state index in [0.29, 0.717) is 24.3 Å². The summed E-state index contributed by atoms with van der Waals surface area (Å²) in [5.41, 5.74) is 12.7. The van der Waals surface area contributed by atoms with Gasteiger partial charge in [0.15, 0.2) is 0 Å². The van der Waals surface area contributed by atoms with Crippen LogP contribution in [0.2, 0.25) is 0 Å². The van der Waals surface area contributed by atoms with Gasteiger partial charge in [-0.1, -0.05) is 84.9 Å². The minimum atomic E-state index is -1.01. The average Bonchev–Trinajstić information content (AvgIpc) is 4.09. The van der Waals surface area contributed by atoms with Crippen LogP contribution < -0.4 is 16.0 Å². The Bertz CT molecular complexity index is 2830. The first kappa shape index (κ1) is 36.3. The second-order valence-corrected chi connectivity index (χ2v) is 14.5. The number of benzene rings is 4. The highest BCUT2D eigenvalue weighted by atomic mass is 16.4. The standard InChI is InChI=1S/C49H38N4O5/c54-28-4-5-29-8-10-31(11-9-29)45-38-22-20-36(50-38)44(30-6-2-1-3-7-30)37-21-23-40(51-37)46(32-12-16-34(17-13-32)48(55)56)42-26-27-43(53-42)47(41-25-24-39(45)52-41)33-14-18-35(19-15-33)49(57)58/h1-3,6-21,23-27,38,50,53-54H,4-5,22,28H2,(H,55,56)(H,57,58)/b44-37-,45-39-,46-42-,47-43-. The van der Waals surface area contributed by atoms with Crippen LogP contribution in [0.25, 0.3) is 22.3 Å². The van der Waals surface area contributed by atoms with Gasteiger partial charge in [-0.05, 0) is 108 Å². The zero-order chi connectivity index (χ0) is 39.8. The quantitative estimate of drug-likeness (QED) is 0.111. The van der Waals surface area contributed by atoms with E-state index in [2.05, 4.69) is 52.8 Å². The summed E-state index contributed by atoms with van der Waals surface area (Å²) in [5, 5.41) is 34.2. The van der Waals surface area contributed by atoms with Crippen molar-refractivity contribution in [2.75, 3.05) is 6.61 Å². The highest BCUT2D eigenvalue weighted by Crippen LogP contribution is 2.38. The van der Waals surface area contributed by atoms with Crippen molar-refractivity contribution in [3.05, 3.63) is 212 Å². The van der Waals surface area contributed by atoms with Crippen molar-refractivity contribution in [3.8, 4) is 0 Å². The van der Waals surface area contributed by atoms with E-state index in [1.54, 1.807) is 48.5 Å². The Morgan fingerprint density at radius 1 is 0.603 bits per heavy atom. The Labute approximate surface area is 334 Å². The Balaban J connectivity index is 1.33. The molecule has 0 amide bonds. The number of nitrogens with one attached hydrogen (secondary N) is 2. The molecule has 0 saturated heterocycles. The number of aliphatic hydroxyl groups excluding tert-OH is 1. The molecule has 1 aromatic heterocycles. The Morgan fingerprint density at radius 2 is 1.14 bits per heavy atom. The molecule has 5 aromatic rings. The number of aromatic nitrogens is 1. The van der Waals surface area contributed by atoms with Crippen LogP contribution in [0.3, 0.4) is 0 Å². The molecular weight excluding hydrogens is 725 g/mol. The SMILES string of the molecule is O=C(O)c1ccc(/C2=c3\cc/c([nH]3)=C(\c3ccc(C(=O)O)cc3)C3=N/C(=C(/c4ccc(CCCO)cc4)C4CC=C(N4)/C(c4ccccc4)=C4/C=CC2=N4)C=C3)cc1. The van der Waals surface area contributed by atoms with Gasteiger partial charge >= 0.3 is 11.9 Å². The van der Waals surface area contributed by atoms with E-state index in [4.69, 9.17) is 9.98 Å². The first-order valence-electron chi connectivity index (χ1n) is 19.2. The van der Waals surface area contributed by atoms with Crippen molar-refractivity contribution in [1.29, 1.82) is 0 Å². The summed E-state index contributed by atoms with van der Waals surface area (Å²) in [6.07, 6.45) is 12.5. The van der Waals surface area contributed by atoms with Gasteiger partial charge in [-0.3, -0.25) is 0 Å². The van der Waals surface area contributed by atoms with Crippen molar-refractivity contribution < 1.29 is 24.9 Å². The lowest BCUT2D eigenvalue weighted by Gasteiger charge is -2.21. The topological polar surface area (TPSA) is 147 Å². The van der Waals surface area contributed by atoms with Gasteiger partial charge in [0.05, 0.1) is 40.0 Å². The van der Waals surface area contributed by atoms with E-state index in [0.717, 1.165) is 84.3 Å². The molecule has 5 heterocycles. The number of carbonyl (C=O) groups is 2. The van der Waals surface area contributed by atoms with E-state index in [1.807, 2.05) is 54.6 Å². The normalized spacial score (nSPS) is 21.4. The lowest BCUT2D eigenvalue weighted by Crippen LogP contribution is -2.26. The van der Waals surface area contributed by atoms with Gasteiger partial charge in [-0.25, -0.2) is 19.6 Å². The van der Waals surface area contributed by atoms with Crippen molar-refractivity contribution in [2.45, 2.75) is 25.3 Å². The van der Waals surface area contributed by atoms with Crippen molar-refractivity contribution in [3.63, 3.8) is 0 Å². The number of aliphatic hydroxyl groups is 1. The summed E-state index contributed by atoms with van der Waals surface area (Å²) >= 11 is 0. The number of aromatic amines is 1. The predicted molar refractivity (Wildman–Crippen MR) is 227 cm³/mol. The summed E-state index contributed by atoms with van der Waals surface area (Å²) in [4.78, 5) is 38.0. The van der Waals surface area contributed by atoms with Crippen LogP contribution in [-0.2, 0) is 6.42 Å². The van der Waals surface area contributed by atoms with Gasteiger partial charge in [0.25, 0.3) is 0 Å². The number of hydrogen-bond acceptors (Lipinski definition) is 6. The van der Waals surface area contributed by atoms with Crippen LogP contribution in [0, 0.1) is 0 Å². The number of hydrogen-bond donors (Lipinski definition) is 5. The monoisotopic (exact) mass is 762 g/mol. The molecular formula is C49H38N4O5. The number of aliphatic imine (C=N–C) groups is 2. The van der Waals surface area contributed by atoms with Crippen LogP contribution in [0.4, 0.5) is 0 Å². The smallest absolute Gasteiger partial charge is 0.335 e. The van der Waals surface area contributed by atoms with Gasteiger partial charge in [0.1, 0.15) is 0 Å². The first-order valence-corrected chi connectivity index (χ1v) is 19.2. The highest BCUT2D eigenvalue weighted by molar-refractivity contribution is 6.31. The van der Waals surface area contributed by atoms with E-state index >= 15 is 0 Å². The molecule has 0 aliphatic carbocycles. The number of H-pyrrole nitrogens is 1. The number of carboxylic acid groups (broad SMARTS) is 2. The minimum Gasteiger partial charge on any atom is -0.478 e. The summed E-state index contributed by atoms with van der Waals surface area (Å²) in [6, 6.07) is 36.2. The molecule has 1 atom stereocenters. The van der Waals surface area contributed by atoms with Gasteiger partial charge in [-0.2, -0.15) is 0 Å². The first-order chi connectivity index (χ1) is 28.3. The lowest BCUT2D eigenvalue weighted by molar-refractivity contribution is 0.0686. The molecule has 4 aromatic carbocycles. The molecule has 284 valence electrons. The van der Waals surface area contributed by atoms with E-state index in [9.17, 15) is 24.9 Å². The Hall–Kier alpha value is -7.36. The number of carboxylic acids is 2. The van der Waals surface area contributed by atoms with Crippen molar-refractivity contribution >= 4 is 45.7 Å². The maximum atomic E-state index is 11.9. The fourth-order valence-corrected chi connectivity index (χ4v) is 8.03. The molecule has 0 spiro atoms. The van der Waals surface area contributed by atoms with Crippen molar-refractivity contribution in [2.24, 2.45) is 9.98 Å². The van der Waals surface area contributed by atoms with Crippen LogP contribution >= 0.6 is 0 Å². The fourth-order valence-electron chi connectivity index (χ4n) is 8.03. The summed E-state index contributed by atoms with van der Waals surface area (Å²) in [6.45, 7) is 0.138. The Kier molecular flexibility index (Phi) is 9.57. The third kappa shape index (κ3) is 6.88. The Morgan fingerprint density at radius 3 is 1.71 bits per heavy atom. The van der Waals surface area contributed by atoms with Crippen molar-refractivity contribution in [1.82, 2.24) is 10.3 Å².